The van der Waals surface area contributed by atoms with Gasteiger partial charge in [0, 0.05) is 17.1 Å². The quantitative estimate of drug-likeness (QED) is 0.331. The van der Waals surface area contributed by atoms with Gasteiger partial charge in [0.2, 0.25) is 11.8 Å². The molecule has 39 heavy (non-hydrogen) atoms. The predicted molar refractivity (Wildman–Crippen MR) is 156 cm³/mol. The fourth-order valence-electron chi connectivity index (χ4n) is 3.91. The van der Waals surface area contributed by atoms with Crippen molar-refractivity contribution >= 4 is 43.5 Å². The number of halogens is 1. The van der Waals surface area contributed by atoms with Crippen LogP contribution in [0.25, 0.3) is 0 Å². The number of nitrogens with zero attached hydrogens (tertiary/aromatic N) is 2. The molecule has 3 rings (SSSR count). The standard InChI is InChI=1S/C29H34BrN3O5S/c1-20(2)31-29(35)22(4)32(18-23-11-13-26(38-5)14-12-23)28(34)19-33(25-8-6-7-24(30)17-25)39(36,37)27-15-9-21(3)10-16-27/h6-17,20,22H,18-19H2,1-5H3,(H,31,35)/t22-/m0/s1. The van der Waals surface area contributed by atoms with Crippen LogP contribution in [0.3, 0.4) is 0 Å². The first-order valence-corrected chi connectivity index (χ1v) is 14.7. The van der Waals surface area contributed by atoms with Gasteiger partial charge >= 0.3 is 0 Å². The van der Waals surface area contributed by atoms with Crippen LogP contribution in [0.4, 0.5) is 5.69 Å². The number of hydrogen-bond acceptors (Lipinski definition) is 5. The zero-order valence-electron chi connectivity index (χ0n) is 22.7. The molecule has 3 aromatic carbocycles. The Morgan fingerprint density at radius 1 is 0.974 bits per heavy atom. The van der Waals surface area contributed by atoms with Crippen molar-refractivity contribution in [1.82, 2.24) is 10.2 Å². The third kappa shape index (κ3) is 7.83. The highest BCUT2D eigenvalue weighted by Gasteiger charge is 2.32. The molecule has 0 aliphatic heterocycles. The van der Waals surface area contributed by atoms with Crippen LogP contribution in [0, 0.1) is 6.92 Å². The van der Waals surface area contributed by atoms with Gasteiger partial charge in [0.25, 0.3) is 10.0 Å². The van der Waals surface area contributed by atoms with Gasteiger partial charge in [0.05, 0.1) is 17.7 Å². The van der Waals surface area contributed by atoms with Gasteiger partial charge in [-0.15, -0.1) is 0 Å². The molecule has 0 spiro atoms. The molecule has 0 bridgehead atoms. The molecule has 0 heterocycles. The molecule has 0 aliphatic rings. The maximum atomic E-state index is 13.9. The predicted octanol–water partition coefficient (Wildman–Crippen LogP) is 4.90. The van der Waals surface area contributed by atoms with Gasteiger partial charge in [-0.25, -0.2) is 8.42 Å². The minimum absolute atomic E-state index is 0.0631. The van der Waals surface area contributed by atoms with Crippen molar-refractivity contribution in [1.29, 1.82) is 0 Å². The average molecular weight is 617 g/mol. The van der Waals surface area contributed by atoms with Crippen LogP contribution in [0.15, 0.2) is 82.2 Å². The molecule has 208 valence electrons. The lowest BCUT2D eigenvalue weighted by molar-refractivity contribution is -0.139. The van der Waals surface area contributed by atoms with Gasteiger partial charge in [-0.1, -0.05) is 51.8 Å². The number of carbonyl (C=O) groups excluding carboxylic acids is 2. The maximum Gasteiger partial charge on any atom is 0.264 e. The monoisotopic (exact) mass is 615 g/mol. The fraction of sp³-hybridized carbons (Fsp3) is 0.310. The van der Waals surface area contributed by atoms with Gasteiger partial charge in [-0.2, -0.15) is 0 Å². The summed E-state index contributed by atoms with van der Waals surface area (Å²) in [6, 6.07) is 19.4. The first kappa shape index (κ1) is 30.2. The molecule has 10 heteroatoms. The number of anilines is 1. The second-order valence-corrected chi connectivity index (χ2v) is 12.3. The number of hydrogen-bond donors (Lipinski definition) is 1. The molecule has 3 aromatic rings. The SMILES string of the molecule is COc1ccc(CN(C(=O)CN(c2cccc(Br)c2)S(=O)(=O)c2ccc(C)cc2)[C@@H](C)C(=O)NC(C)C)cc1. The molecule has 0 radical (unpaired) electrons. The minimum Gasteiger partial charge on any atom is -0.497 e. The number of aryl methyl sites for hydroxylation is 1. The molecule has 0 saturated heterocycles. The summed E-state index contributed by atoms with van der Waals surface area (Å²) in [5.41, 5.74) is 2.00. The van der Waals surface area contributed by atoms with Crippen molar-refractivity contribution in [3.05, 3.63) is 88.4 Å². The lowest BCUT2D eigenvalue weighted by Crippen LogP contribution is -2.52. The Bertz CT molecular complexity index is 1390. The zero-order valence-corrected chi connectivity index (χ0v) is 25.1. The van der Waals surface area contributed by atoms with E-state index in [0.29, 0.717) is 15.9 Å². The van der Waals surface area contributed by atoms with Crippen LogP contribution in [-0.4, -0.2) is 50.9 Å². The number of ether oxygens (including phenoxy) is 1. The summed E-state index contributed by atoms with van der Waals surface area (Å²) in [4.78, 5) is 28.3. The lowest BCUT2D eigenvalue weighted by Gasteiger charge is -2.32. The van der Waals surface area contributed by atoms with E-state index in [2.05, 4.69) is 21.2 Å². The van der Waals surface area contributed by atoms with Gasteiger partial charge < -0.3 is 15.0 Å². The second kappa shape index (κ2) is 13.1. The second-order valence-electron chi connectivity index (χ2n) is 9.51. The van der Waals surface area contributed by atoms with Crippen LogP contribution in [0.2, 0.25) is 0 Å². The van der Waals surface area contributed by atoms with E-state index >= 15 is 0 Å². The molecular weight excluding hydrogens is 582 g/mol. The van der Waals surface area contributed by atoms with Crippen molar-refractivity contribution in [2.24, 2.45) is 0 Å². The number of amides is 2. The third-order valence-electron chi connectivity index (χ3n) is 6.09. The molecule has 0 aromatic heterocycles. The number of carbonyl (C=O) groups is 2. The van der Waals surface area contributed by atoms with Crippen LogP contribution in [-0.2, 0) is 26.2 Å². The van der Waals surface area contributed by atoms with E-state index in [1.807, 2.05) is 20.8 Å². The van der Waals surface area contributed by atoms with Crippen LogP contribution in [0.1, 0.15) is 31.9 Å². The van der Waals surface area contributed by atoms with E-state index < -0.39 is 28.5 Å². The Kier molecular flexibility index (Phi) is 10.2. The van der Waals surface area contributed by atoms with Gasteiger partial charge in [0.1, 0.15) is 18.3 Å². The summed E-state index contributed by atoms with van der Waals surface area (Å²) >= 11 is 3.40. The van der Waals surface area contributed by atoms with Crippen molar-refractivity contribution < 1.29 is 22.7 Å². The van der Waals surface area contributed by atoms with E-state index in [4.69, 9.17) is 4.74 Å². The normalized spacial score (nSPS) is 12.1. The molecular formula is C29H34BrN3O5S. The summed E-state index contributed by atoms with van der Waals surface area (Å²) in [6.07, 6.45) is 0. The molecule has 0 fully saturated rings. The molecule has 0 unspecified atom stereocenters. The lowest BCUT2D eigenvalue weighted by atomic mass is 10.1. The number of benzene rings is 3. The molecule has 8 nitrogen and oxygen atoms in total. The number of nitrogens with one attached hydrogen (secondary N) is 1. The van der Waals surface area contributed by atoms with Crippen LogP contribution in [0.5, 0.6) is 5.75 Å². The van der Waals surface area contributed by atoms with E-state index in [1.165, 1.54) is 17.0 Å². The van der Waals surface area contributed by atoms with Gasteiger partial charge in [-0.3, -0.25) is 13.9 Å². The first-order valence-electron chi connectivity index (χ1n) is 12.5. The van der Waals surface area contributed by atoms with Crippen molar-refractivity contribution in [3.63, 3.8) is 0 Å². The zero-order chi connectivity index (χ0) is 28.7. The molecule has 1 N–H and O–H groups in total. The van der Waals surface area contributed by atoms with Crippen LogP contribution < -0.4 is 14.4 Å². The Labute approximate surface area is 239 Å². The fourth-order valence-corrected chi connectivity index (χ4v) is 5.71. The van der Waals surface area contributed by atoms with E-state index in [-0.39, 0.29) is 23.4 Å². The molecule has 0 aliphatic carbocycles. The largest absolute Gasteiger partial charge is 0.497 e. The highest BCUT2D eigenvalue weighted by Crippen LogP contribution is 2.27. The van der Waals surface area contributed by atoms with Gasteiger partial charge in [-0.05, 0) is 75.7 Å². The number of rotatable bonds is 11. The Balaban J connectivity index is 2.02. The summed E-state index contributed by atoms with van der Waals surface area (Å²) in [5, 5.41) is 2.84. The minimum atomic E-state index is -4.12. The molecule has 1 atom stereocenters. The Morgan fingerprint density at radius 2 is 1.62 bits per heavy atom. The van der Waals surface area contributed by atoms with Gasteiger partial charge in [0.15, 0.2) is 0 Å². The molecule has 2 amide bonds. The Hall–Kier alpha value is -3.37. The third-order valence-corrected chi connectivity index (χ3v) is 8.38. The van der Waals surface area contributed by atoms with Crippen molar-refractivity contribution in [2.75, 3.05) is 18.0 Å². The average Bonchev–Trinajstić information content (AvgIpc) is 2.90. The number of methoxy groups -OCH3 is 1. The maximum absolute atomic E-state index is 13.9. The Morgan fingerprint density at radius 3 is 2.18 bits per heavy atom. The summed E-state index contributed by atoms with van der Waals surface area (Å²) < 4.78 is 34.6. The van der Waals surface area contributed by atoms with Crippen LogP contribution >= 0.6 is 15.9 Å². The number of sulfonamides is 1. The highest BCUT2D eigenvalue weighted by molar-refractivity contribution is 9.10. The molecule has 0 saturated carbocycles. The van der Waals surface area contributed by atoms with Crippen molar-refractivity contribution in [3.8, 4) is 5.75 Å². The van der Waals surface area contributed by atoms with Crippen molar-refractivity contribution in [2.45, 2.75) is 51.2 Å². The van der Waals surface area contributed by atoms with E-state index in [1.54, 1.807) is 74.7 Å². The first-order chi connectivity index (χ1) is 18.4. The van der Waals surface area contributed by atoms with E-state index in [9.17, 15) is 18.0 Å². The summed E-state index contributed by atoms with van der Waals surface area (Å²) in [6.45, 7) is 6.78. The summed E-state index contributed by atoms with van der Waals surface area (Å²) in [7, 11) is -2.55. The summed E-state index contributed by atoms with van der Waals surface area (Å²) in [5.74, 6) is -0.192. The van der Waals surface area contributed by atoms with E-state index in [0.717, 1.165) is 15.4 Å². The highest BCUT2D eigenvalue weighted by atomic mass is 79.9. The topological polar surface area (TPSA) is 96.0 Å². The smallest absolute Gasteiger partial charge is 0.264 e.